The Hall–Kier alpha value is -2.18. The number of para-hydroxylation sites is 1. The van der Waals surface area contributed by atoms with E-state index in [1.165, 1.54) is 11.3 Å². The molecule has 1 N–H and O–H groups in total. The van der Waals surface area contributed by atoms with E-state index in [-0.39, 0.29) is 5.91 Å². The van der Waals surface area contributed by atoms with E-state index in [1.54, 1.807) is 12.3 Å². The molecule has 25 heavy (non-hydrogen) atoms. The molecule has 0 aliphatic carbocycles. The number of nitrogens with one attached hydrogen (secondary N) is 1. The molecule has 2 aromatic heterocycles. The maximum absolute atomic E-state index is 12.3. The van der Waals surface area contributed by atoms with Gasteiger partial charge in [-0.1, -0.05) is 18.2 Å². The average Bonchev–Trinajstić information content (AvgIpc) is 3.06. The van der Waals surface area contributed by atoms with Crippen LogP contribution in [0.5, 0.6) is 5.75 Å². The van der Waals surface area contributed by atoms with Crippen LogP contribution in [-0.4, -0.2) is 10.9 Å². The summed E-state index contributed by atoms with van der Waals surface area (Å²) in [6.07, 6.45) is 1.65. The predicted molar refractivity (Wildman–Crippen MR) is 104 cm³/mol. The van der Waals surface area contributed by atoms with E-state index in [9.17, 15) is 4.79 Å². The van der Waals surface area contributed by atoms with E-state index in [4.69, 9.17) is 4.74 Å². The first-order valence-corrected chi connectivity index (χ1v) is 9.39. The van der Waals surface area contributed by atoms with Crippen LogP contribution in [0.3, 0.4) is 0 Å². The maximum Gasteiger partial charge on any atom is 0.266 e. The third-order valence-corrected chi connectivity index (χ3v) is 5.09. The standard InChI is InChI=1S/C19H17BrN2O2S/c1-12-4-3-5-13(2)18(12)24-10-14-8-16(25-11-14)19(23)22-17-7-6-15(20)9-21-17/h3-9,11H,10H2,1-2H3,(H,21,22,23). The van der Waals surface area contributed by atoms with Crippen molar-refractivity contribution in [2.45, 2.75) is 20.5 Å². The average molecular weight is 417 g/mol. The molecule has 4 nitrogen and oxygen atoms in total. The molecule has 128 valence electrons. The fourth-order valence-corrected chi connectivity index (χ4v) is 3.41. The number of carbonyl (C=O) groups excluding carboxylic acids is 1. The minimum atomic E-state index is -0.168. The maximum atomic E-state index is 12.3. The number of benzene rings is 1. The molecule has 6 heteroatoms. The summed E-state index contributed by atoms with van der Waals surface area (Å²) in [6.45, 7) is 4.49. The first-order chi connectivity index (χ1) is 12.0. The van der Waals surface area contributed by atoms with Gasteiger partial charge in [0.15, 0.2) is 0 Å². The lowest BCUT2D eigenvalue weighted by atomic mass is 10.1. The van der Waals surface area contributed by atoms with Gasteiger partial charge in [-0.15, -0.1) is 11.3 Å². The summed E-state index contributed by atoms with van der Waals surface area (Å²) in [5.41, 5.74) is 3.19. The minimum Gasteiger partial charge on any atom is -0.488 e. The van der Waals surface area contributed by atoms with Gasteiger partial charge in [0, 0.05) is 16.2 Å². The number of anilines is 1. The van der Waals surface area contributed by atoms with E-state index in [0.717, 1.165) is 26.9 Å². The number of rotatable bonds is 5. The van der Waals surface area contributed by atoms with Gasteiger partial charge < -0.3 is 10.1 Å². The number of hydrogen-bond donors (Lipinski definition) is 1. The zero-order chi connectivity index (χ0) is 17.8. The monoisotopic (exact) mass is 416 g/mol. The SMILES string of the molecule is Cc1cccc(C)c1OCc1csc(C(=O)Nc2ccc(Br)cn2)c1. The second-order valence-corrected chi connectivity index (χ2v) is 7.47. The molecule has 1 aromatic carbocycles. The molecule has 0 radical (unpaired) electrons. The van der Waals surface area contributed by atoms with Crippen LogP contribution in [0.15, 0.2) is 52.4 Å². The smallest absolute Gasteiger partial charge is 0.266 e. The lowest BCUT2D eigenvalue weighted by molar-refractivity contribution is 0.103. The van der Waals surface area contributed by atoms with E-state index in [1.807, 2.05) is 49.6 Å². The quantitative estimate of drug-likeness (QED) is 0.609. The van der Waals surface area contributed by atoms with Crippen molar-refractivity contribution in [1.29, 1.82) is 0 Å². The number of halogens is 1. The number of carbonyl (C=O) groups is 1. The van der Waals surface area contributed by atoms with Crippen LogP contribution in [0, 0.1) is 13.8 Å². The van der Waals surface area contributed by atoms with Crippen molar-refractivity contribution in [3.8, 4) is 5.75 Å². The topological polar surface area (TPSA) is 51.2 Å². The first-order valence-electron chi connectivity index (χ1n) is 7.72. The fourth-order valence-electron chi connectivity index (χ4n) is 2.38. The molecule has 0 unspecified atom stereocenters. The van der Waals surface area contributed by atoms with Crippen LogP contribution in [0.1, 0.15) is 26.4 Å². The van der Waals surface area contributed by atoms with E-state index in [2.05, 4.69) is 26.2 Å². The number of nitrogens with zero attached hydrogens (tertiary/aromatic N) is 1. The van der Waals surface area contributed by atoms with Gasteiger partial charge in [-0.25, -0.2) is 4.98 Å². The predicted octanol–water partition coefficient (Wildman–Crippen LogP) is 5.35. The van der Waals surface area contributed by atoms with Gasteiger partial charge >= 0.3 is 0 Å². The lowest BCUT2D eigenvalue weighted by Crippen LogP contribution is -2.11. The summed E-state index contributed by atoms with van der Waals surface area (Å²) in [7, 11) is 0. The summed E-state index contributed by atoms with van der Waals surface area (Å²) in [5.74, 6) is 1.26. The van der Waals surface area contributed by atoms with Crippen molar-refractivity contribution in [2.75, 3.05) is 5.32 Å². The molecule has 0 bridgehead atoms. The number of aryl methyl sites for hydroxylation is 2. The van der Waals surface area contributed by atoms with Crippen molar-refractivity contribution in [3.63, 3.8) is 0 Å². The molecule has 0 saturated carbocycles. The molecule has 0 fully saturated rings. The van der Waals surface area contributed by atoms with Crippen molar-refractivity contribution < 1.29 is 9.53 Å². The second-order valence-electron chi connectivity index (χ2n) is 5.64. The highest BCUT2D eigenvalue weighted by atomic mass is 79.9. The molecule has 0 saturated heterocycles. The molecule has 1 amide bonds. The van der Waals surface area contributed by atoms with E-state index in [0.29, 0.717) is 17.3 Å². The summed E-state index contributed by atoms with van der Waals surface area (Å²) < 4.78 is 6.80. The highest BCUT2D eigenvalue weighted by Gasteiger charge is 2.11. The lowest BCUT2D eigenvalue weighted by Gasteiger charge is -2.10. The molecular weight excluding hydrogens is 400 g/mol. The third-order valence-electron chi connectivity index (χ3n) is 3.64. The largest absolute Gasteiger partial charge is 0.488 e. The van der Waals surface area contributed by atoms with Crippen LogP contribution in [0.25, 0.3) is 0 Å². The number of aromatic nitrogens is 1. The summed E-state index contributed by atoms with van der Waals surface area (Å²) in [5, 5.41) is 4.73. The Morgan fingerprint density at radius 1 is 1.24 bits per heavy atom. The first kappa shape index (κ1) is 17.6. The zero-order valence-electron chi connectivity index (χ0n) is 13.9. The Morgan fingerprint density at radius 2 is 2.00 bits per heavy atom. The van der Waals surface area contributed by atoms with E-state index < -0.39 is 0 Å². The van der Waals surface area contributed by atoms with Crippen molar-refractivity contribution in [3.05, 3.63) is 74.0 Å². The van der Waals surface area contributed by atoms with Gasteiger partial charge in [0.2, 0.25) is 0 Å². The Morgan fingerprint density at radius 3 is 2.68 bits per heavy atom. The van der Waals surface area contributed by atoms with E-state index >= 15 is 0 Å². The molecule has 3 aromatic rings. The Bertz CT molecular complexity index is 870. The second kappa shape index (κ2) is 7.80. The molecule has 0 aliphatic heterocycles. The van der Waals surface area contributed by atoms with Crippen LogP contribution in [0.4, 0.5) is 5.82 Å². The van der Waals surface area contributed by atoms with Crippen molar-refractivity contribution >= 4 is 39.0 Å². The van der Waals surface area contributed by atoms with Crippen LogP contribution in [0.2, 0.25) is 0 Å². The highest BCUT2D eigenvalue weighted by molar-refractivity contribution is 9.10. The molecular formula is C19H17BrN2O2S. The summed E-state index contributed by atoms with van der Waals surface area (Å²) in [6, 6.07) is 11.5. The van der Waals surface area contributed by atoms with Gasteiger partial charge in [0.1, 0.15) is 18.2 Å². The zero-order valence-corrected chi connectivity index (χ0v) is 16.3. The molecule has 0 spiro atoms. The number of ether oxygens (including phenoxy) is 1. The minimum absolute atomic E-state index is 0.168. The van der Waals surface area contributed by atoms with Crippen LogP contribution < -0.4 is 10.1 Å². The van der Waals surface area contributed by atoms with Crippen molar-refractivity contribution in [1.82, 2.24) is 4.98 Å². The van der Waals surface area contributed by atoms with Gasteiger partial charge in [0.05, 0.1) is 4.88 Å². The van der Waals surface area contributed by atoms with Gasteiger partial charge in [-0.05, 0) is 64.5 Å². The molecule has 0 aliphatic rings. The van der Waals surface area contributed by atoms with Gasteiger partial charge in [-0.3, -0.25) is 4.79 Å². The third kappa shape index (κ3) is 4.46. The normalized spacial score (nSPS) is 10.5. The van der Waals surface area contributed by atoms with Crippen LogP contribution >= 0.6 is 27.3 Å². The van der Waals surface area contributed by atoms with Crippen LogP contribution in [-0.2, 0) is 6.61 Å². The fraction of sp³-hybridized carbons (Fsp3) is 0.158. The summed E-state index contributed by atoms with van der Waals surface area (Å²) >= 11 is 4.71. The van der Waals surface area contributed by atoms with Gasteiger partial charge in [-0.2, -0.15) is 0 Å². The van der Waals surface area contributed by atoms with Crippen molar-refractivity contribution in [2.24, 2.45) is 0 Å². The highest BCUT2D eigenvalue weighted by Crippen LogP contribution is 2.25. The molecule has 2 heterocycles. The number of amides is 1. The van der Waals surface area contributed by atoms with Gasteiger partial charge in [0.25, 0.3) is 5.91 Å². The molecule has 3 rings (SSSR count). The summed E-state index contributed by atoms with van der Waals surface area (Å²) in [4.78, 5) is 17.1. The Labute approximate surface area is 159 Å². The number of hydrogen-bond acceptors (Lipinski definition) is 4. The number of thiophene rings is 1. The molecule has 0 atom stereocenters. The Balaban J connectivity index is 1.64. The number of pyridine rings is 1. The Kier molecular flexibility index (Phi) is 5.50.